The largest absolute Gasteiger partial charge is 0.153 e. The molecule has 0 aromatic rings. The first-order valence-electron chi connectivity index (χ1n) is 12.9. The number of unbranched alkanes of at least 4 members (excludes halogenated alkanes) is 16. The van der Waals surface area contributed by atoms with Crippen LogP contribution in [0.25, 0.3) is 0 Å². The third kappa shape index (κ3) is 21.6. The molecule has 0 aliphatic heterocycles. The number of hydrogen-bond donors (Lipinski definition) is 0. The molecule has 0 fully saturated rings. The van der Waals surface area contributed by atoms with E-state index < -0.39 is 0 Å². The summed E-state index contributed by atoms with van der Waals surface area (Å²) in [5, 5.41) is 0. The maximum Gasteiger partial charge on any atom is 0.0258 e. The molecule has 1 atom stereocenters. The molecule has 0 saturated carbocycles. The van der Waals surface area contributed by atoms with E-state index in [9.17, 15) is 0 Å². The molecule has 0 saturated heterocycles. The van der Waals surface area contributed by atoms with Crippen LogP contribution in [0.3, 0.4) is 0 Å². The van der Waals surface area contributed by atoms with Crippen molar-refractivity contribution in [3.63, 3.8) is 0 Å². The van der Waals surface area contributed by atoms with E-state index in [2.05, 4.69) is 36.7 Å². The first-order chi connectivity index (χ1) is 13.2. The van der Waals surface area contributed by atoms with E-state index in [4.69, 9.17) is 0 Å². The second kappa shape index (κ2) is 24.2. The minimum Gasteiger partial charge on any atom is -0.153 e. The Bertz CT molecular complexity index is 264. The zero-order valence-corrected chi connectivity index (χ0v) is 23.1. The van der Waals surface area contributed by atoms with Gasteiger partial charge in [0.25, 0.3) is 0 Å². The van der Waals surface area contributed by atoms with Crippen molar-refractivity contribution in [3.8, 4) is 0 Å². The molecule has 0 nitrogen and oxygen atoms in total. The number of halogens is 1. The Morgan fingerprint density at radius 3 is 0.857 bits per heavy atom. The summed E-state index contributed by atoms with van der Waals surface area (Å²) in [5.41, 5.74) is 0. The Morgan fingerprint density at radius 1 is 0.393 bits per heavy atom. The number of alkyl halides is 1. The molecule has 0 aliphatic rings. The van der Waals surface area contributed by atoms with Crippen molar-refractivity contribution in [3.05, 3.63) is 0 Å². The Labute approximate surface area is 191 Å². The van der Waals surface area contributed by atoms with Crippen molar-refractivity contribution in [2.45, 2.75) is 166 Å². The second-order valence-electron chi connectivity index (χ2n) is 9.06. The minimum atomic E-state index is 0. The van der Waals surface area contributed by atoms with E-state index in [-0.39, 0.29) is 9.90 Å². The summed E-state index contributed by atoms with van der Waals surface area (Å²) in [6.45, 7) is 6.93. The highest BCUT2D eigenvalue weighted by atomic mass is 79.9. The molecular formula is C26H56BrP. The summed E-state index contributed by atoms with van der Waals surface area (Å²) in [4.78, 5) is 0. The topological polar surface area (TPSA) is 0 Å². The quantitative estimate of drug-likeness (QED) is 0.0823. The third-order valence-electron chi connectivity index (χ3n) is 6.19. The van der Waals surface area contributed by atoms with Crippen LogP contribution in [-0.4, -0.2) is 4.32 Å². The van der Waals surface area contributed by atoms with Crippen molar-refractivity contribution >= 4 is 25.8 Å². The molecule has 1 unspecified atom stereocenters. The van der Waals surface area contributed by atoms with Crippen LogP contribution in [0.4, 0.5) is 0 Å². The van der Waals surface area contributed by atoms with Gasteiger partial charge in [-0.05, 0) is 19.3 Å². The normalized spacial score (nSPS) is 11.6. The predicted molar refractivity (Wildman–Crippen MR) is 141 cm³/mol. The fourth-order valence-corrected chi connectivity index (χ4v) is 5.06. The molecule has 0 amide bonds. The van der Waals surface area contributed by atoms with Gasteiger partial charge in [-0.15, -0.1) is 0 Å². The number of rotatable bonds is 22. The van der Waals surface area contributed by atoms with Crippen LogP contribution in [-0.2, 0) is 0 Å². The van der Waals surface area contributed by atoms with Crippen LogP contribution in [0.1, 0.15) is 162 Å². The van der Waals surface area contributed by atoms with Gasteiger partial charge in [0.2, 0.25) is 0 Å². The summed E-state index contributed by atoms with van der Waals surface area (Å²) < 4.78 is 0.450. The lowest BCUT2D eigenvalue weighted by Gasteiger charge is -2.28. The van der Waals surface area contributed by atoms with Gasteiger partial charge in [-0.1, -0.05) is 159 Å². The minimum absolute atomic E-state index is 0. The van der Waals surface area contributed by atoms with Gasteiger partial charge in [0.1, 0.15) is 0 Å². The van der Waals surface area contributed by atoms with Crippen LogP contribution in [0.2, 0.25) is 0 Å². The molecule has 2 heteroatoms. The molecule has 172 valence electrons. The summed E-state index contributed by atoms with van der Waals surface area (Å²) in [7, 11) is 0. The summed E-state index contributed by atoms with van der Waals surface area (Å²) >= 11 is 4.25. The molecule has 0 N–H and O–H groups in total. The first-order valence-corrected chi connectivity index (χ1v) is 13.7. The Kier molecular flexibility index (Phi) is 26.9. The van der Waals surface area contributed by atoms with E-state index in [1.165, 1.54) is 141 Å². The first kappa shape index (κ1) is 31.1. The average molecular weight is 480 g/mol. The molecule has 0 rings (SSSR count). The molecular weight excluding hydrogens is 423 g/mol. The van der Waals surface area contributed by atoms with Crippen LogP contribution >= 0.6 is 25.8 Å². The fraction of sp³-hybridized carbons (Fsp3) is 1.00. The lowest BCUT2D eigenvalue weighted by atomic mass is 9.89. The molecule has 0 aromatic carbocycles. The van der Waals surface area contributed by atoms with E-state index in [0.717, 1.165) is 0 Å². The van der Waals surface area contributed by atoms with Gasteiger partial charge in [0, 0.05) is 4.32 Å². The molecule has 0 bridgehead atoms. The second-order valence-corrected chi connectivity index (χ2v) is 10.7. The summed E-state index contributed by atoms with van der Waals surface area (Å²) in [6, 6.07) is 0. The van der Waals surface area contributed by atoms with Crippen molar-refractivity contribution in [1.82, 2.24) is 0 Å². The van der Waals surface area contributed by atoms with Crippen molar-refractivity contribution in [1.29, 1.82) is 0 Å². The lowest BCUT2D eigenvalue weighted by molar-refractivity contribution is 0.410. The van der Waals surface area contributed by atoms with Gasteiger partial charge in [-0.25, -0.2) is 0 Å². The Hall–Kier alpha value is 0.910. The van der Waals surface area contributed by atoms with Crippen molar-refractivity contribution < 1.29 is 0 Å². The molecule has 0 radical (unpaired) electrons. The summed E-state index contributed by atoms with van der Waals surface area (Å²) in [5.74, 6) is 0. The van der Waals surface area contributed by atoms with Gasteiger partial charge in [-0.2, -0.15) is 9.90 Å². The maximum atomic E-state index is 4.25. The summed E-state index contributed by atoms with van der Waals surface area (Å²) in [6.07, 6.45) is 31.4. The van der Waals surface area contributed by atoms with Crippen LogP contribution in [0.5, 0.6) is 0 Å². The van der Waals surface area contributed by atoms with Gasteiger partial charge < -0.3 is 0 Å². The van der Waals surface area contributed by atoms with E-state index in [1.807, 2.05) is 0 Å². The van der Waals surface area contributed by atoms with Gasteiger partial charge in [0.05, 0.1) is 0 Å². The van der Waals surface area contributed by atoms with Gasteiger partial charge >= 0.3 is 0 Å². The van der Waals surface area contributed by atoms with Gasteiger partial charge in [0.15, 0.2) is 0 Å². The van der Waals surface area contributed by atoms with Gasteiger partial charge in [-0.3, -0.25) is 0 Å². The Balaban J connectivity index is 0. The third-order valence-corrected chi connectivity index (χ3v) is 7.37. The SMILES string of the molecule is CCCCCCCCCC(Br)(CCCCCCCC)CCCCCCCC.P. The molecule has 0 heterocycles. The monoisotopic (exact) mass is 478 g/mol. The molecule has 28 heavy (non-hydrogen) atoms. The highest BCUT2D eigenvalue weighted by Gasteiger charge is 2.24. The smallest absolute Gasteiger partial charge is 0.0258 e. The highest BCUT2D eigenvalue weighted by molar-refractivity contribution is 9.10. The predicted octanol–water partition coefficient (Wildman–Crippen LogP) is 10.8. The van der Waals surface area contributed by atoms with Crippen molar-refractivity contribution in [2.75, 3.05) is 0 Å². The van der Waals surface area contributed by atoms with E-state index >= 15 is 0 Å². The van der Waals surface area contributed by atoms with Crippen molar-refractivity contribution in [2.24, 2.45) is 0 Å². The number of hydrogen-bond acceptors (Lipinski definition) is 0. The molecule has 0 aliphatic carbocycles. The fourth-order valence-electron chi connectivity index (χ4n) is 4.22. The highest BCUT2D eigenvalue weighted by Crippen LogP contribution is 2.37. The zero-order chi connectivity index (χ0) is 20.1. The lowest BCUT2D eigenvalue weighted by Crippen LogP contribution is -2.20. The van der Waals surface area contributed by atoms with Crippen LogP contribution < -0.4 is 0 Å². The average Bonchev–Trinajstić information content (AvgIpc) is 2.67. The van der Waals surface area contributed by atoms with E-state index in [1.54, 1.807) is 0 Å². The van der Waals surface area contributed by atoms with Crippen LogP contribution in [0, 0.1) is 0 Å². The molecule has 0 spiro atoms. The van der Waals surface area contributed by atoms with E-state index in [0.29, 0.717) is 4.32 Å². The zero-order valence-electron chi connectivity index (χ0n) is 20.1. The molecule has 0 aromatic heterocycles. The Morgan fingerprint density at radius 2 is 0.607 bits per heavy atom. The maximum absolute atomic E-state index is 4.25. The van der Waals surface area contributed by atoms with Crippen LogP contribution in [0.15, 0.2) is 0 Å². The standard InChI is InChI=1S/C26H53Br.H3P/c1-4-7-10-13-16-19-22-25-26(27,23-20-17-14-11-8-5-2)24-21-18-15-12-9-6-3;/h4-25H2,1-3H3;1H3.